The quantitative estimate of drug-likeness (QED) is 0.170. The van der Waals surface area contributed by atoms with Crippen LogP contribution in [0.15, 0.2) is 76.5 Å². The highest BCUT2D eigenvalue weighted by atomic mass is 35.5. The monoisotopic (exact) mass is 769 g/mol. The molecule has 0 bridgehead atoms. The van der Waals surface area contributed by atoms with Gasteiger partial charge < -0.3 is 9.42 Å². The van der Waals surface area contributed by atoms with Gasteiger partial charge in [0.05, 0.1) is 65.9 Å². The van der Waals surface area contributed by atoms with Gasteiger partial charge in [-0.15, -0.1) is 11.6 Å². The molecule has 3 heterocycles. The molecule has 0 aliphatic heterocycles. The SMILES string of the molecule is CC(=O)n1c(-c2ccnn2-c2ccc(C#N)cc2)c(C)n(-c2cccc(C(F)(F)F)c2)c1=O.CCCC1CCCCC1C.CCl.C[NH+](C)Cc1ncon1. The fraction of sp³-hybridized carbons (Fsp3) is 0.436. The molecular weight excluding hydrogens is 721 g/mol. The van der Waals surface area contributed by atoms with Crippen LogP contribution in [-0.2, 0) is 12.7 Å². The molecule has 6 rings (SSSR count). The van der Waals surface area contributed by atoms with Crippen molar-refractivity contribution < 1.29 is 27.4 Å². The molecule has 1 aliphatic carbocycles. The summed E-state index contributed by atoms with van der Waals surface area (Å²) in [4.78, 5) is 30.8. The summed E-state index contributed by atoms with van der Waals surface area (Å²) in [5.41, 5.74) is 0.153. The average Bonchev–Trinajstić information content (AvgIpc) is 3.90. The molecule has 1 fully saturated rings. The number of benzene rings is 2. The van der Waals surface area contributed by atoms with Crippen molar-refractivity contribution in [2.24, 2.45) is 11.8 Å². The van der Waals surface area contributed by atoms with Crippen LogP contribution < -0.4 is 10.6 Å². The first-order chi connectivity index (χ1) is 25.8. The molecule has 1 aliphatic rings. The lowest BCUT2D eigenvalue weighted by molar-refractivity contribution is -0.873. The van der Waals surface area contributed by atoms with Crippen LogP contribution >= 0.6 is 11.6 Å². The summed E-state index contributed by atoms with van der Waals surface area (Å²) in [5, 5.41) is 16.9. The number of carbonyl (C=O) groups excluding carboxylic acids is 1. The lowest BCUT2D eigenvalue weighted by Crippen LogP contribution is -3.04. The number of aromatic nitrogens is 6. The van der Waals surface area contributed by atoms with E-state index >= 15 is 0 Å². The van der Waals surface area contributed by atoms with Crippen molar-refractivity contribution in [3.05, 3.63) is 100 Å². The predicted molar refractivity (Wildman–Crippen MR) is 202 cm³/mol. The maximum absolute atomic E-state index is 13.2. The first-order valence-electron chi connectivity index (χ1n) is 17.8. The molecule has 11 nitrogen and oxygen atoms in total. The number of hydrogen-bond donors (Lipinski definition) is 1. The molecule has 290 valence electrons. The molecule has 1 saturated carbocycles. The number of hydrogen-bond acceptors (Lipinski definition) is 7. The van der Waals surface area contributed by atoms with Crippen LogP contribution in [0.2, 0.25) is 0 Å². The van der Waals surface area contributed by atoms with Gasteiger partial charge >= 0.3 is 11.9 Å². The Labute approximate surface area is 319 Å². The summed E-state index contributed by atoms with van der Waals surface area (Å²) in [6.07, 6.45) is 8.54. The average molecular weight is 770 g/mol. The zero-order valence-corrected chi connectivity index (χ0v) is 32.6. The molecule has 54 heavy (non-hydrogen) atoms. The number of nitrogens with zero attached hydrogens (tertiary/aromatic N) is 7. The molecule has 1 N–H and O–H groups in total. The van der Waals surface area contributed by atoms with Crippen LogP contribution in [0, 0.1) is 30.1 Å². The zero-order valence-electron chi connectivity index (χ0n) is 31.8. The number of nitrogens with one attached hydrogen (secondary N) is 1. The normalized spacial score (nSPS) is 15.2. The van der Waals surface area contributed by atoms with E-state index in [4.69, 9.17) is 5.26 Å². The lowest BCUT2D eigenvalue weighted by atomic mass is 9.78. The minimum absolute atomic E-state index is 0.0157. The fourth-order valence-corrected chi connectivity index (χ4v) is 6.47. The van der Waals surface area contributed by atoms with Gasteiger partial charge in [0.1, 0.15) is 6.54 Å². The second-order valence-electron chi connectivity index (χ2n) is 13.3. The molecule has 5 aromatic rings. The number of rotatable bonds is 7. The van der Waals surface area contributed by atoms with Crippen LogP contribution in [0.1, 0.15) is 86.7 Å². The van der Waals surface area contributed by atoms with E-state index in [0.717, 1.165) is 45.5 Å². The third-order valence-corrected chi connectivity index (χ3v) is 9.02. The maximum Gasteiger partial charge on any atom is 0.416 e. The Morgan fingerprint density at radius 3 is 2.31 bits per heavy atom. The van der Waals surface area contributed by atoms with E-state index in [9.17, 15) is 22.8 Å². The van der Waals surface area contributed by atoms with E-state index in [2.05, 4.69) is 45.2 Å². The first kappa shape index (κ1) is 43.4. The Bertz CT molecular complexity index is 2010. The molecule has 0 saturated heterocycles. The van der Waals surface area contributed by atoms with Gasteiger partial charge in [0, 0.05) is 13.3 Å². The Morgan fingerprint density at radius 1 is 1.07 bits per heavy atom. The summed E-state index contributed by atoms with van der Waals surface area (Å²) < 4.78 is 47.7. The Hall–Kier alpha value is -5.00. The Morgan fingerprint density at radius 2 is 1.76 bits per heavy atom. The molecule has 15 heteroatoms. The molecular formula is C39H49ClF3N8O3+. The zero-order chi connectivity index (χ0) is 40.0. The van der Waals surface area contributed by atoms with Gasteiger partial charge in [-0.1, -0.05) is 63.6 Å². The summed E-state index contributed by atoms with van der Waals surface area (Å²) in [7, 11) is 4.08. The van der Waals surface area contributed by atoms with Gasteiger partial charge in [0.2, 0.25) is 18.1 Å². The number of carbonyl (C=O) groups is 1. The smallest absolute Gasteiger partial charge is 0.343 e. The second-order valence-corrected chi connectivity index (χ2v) is 13.3. The van der Waals surface area contributed by atoms with E-state index < -0.39 is 23.3 Å². The first-order valence-corrected chi connectivity index (χ1v) is 18.5. The third kappa shape index (κ3) is 11.3. The van der Waals surface area contributed by atoms with Gasteiger partial charge in [-0.3, -0.25) is 9.36 Å². The van der Waals surface area contributed by atoms with Gasteiger partial charge in [0.25, 0.3) is 0 Å². The fourth-order valence-electron chi connectivity index (χ4n) is 6.47. The topological polar surface area (TPSA) is 129 Å². The Kier molecular flexibility index (Phi) is 16.4. The van der Waals surface area contributed by atoms with E-state index in [1.165, 1.54) is 86.1 Å². The van der Waals surface area contributed by atoms with Gasteiger partial charge in [-0.2, -0.15) is 28.5 Å². The van der Waals surface area contributed by atoms with Crippen LogP contribution in [0.25, 0.3) is 22.8 Å². The molecule has 2 atom stereocenters. The van der Waals surface area contributed by atoms with Crippen molar-refractivity contribution in [2.45, 2.75) is 78.9 Å². The van der Waals surface area contributed by atoms with E-state index in [-0.39, 0.29) is 17.1 Å². The largest absolute Gasteiger partial charge is 0.416 e. The van der Waals surface area contributed by atoms with Crippen molar-refractivity contribution >= 4 is 17.5 Å². The maximum atomic E-state index is 13.2. The number of nitriles is 1. The summed E-state index contributed by atoms with van der Waals surface area (Å²) in [6, 6.07) is 14.5. The van der Waals surface area contributed by atoms with E-state index in [1.54, 1.807) is 37.3 Å². The Balaban J connectivity index is 0.000000303. The standard InChI is InChI=1S/C23H16F3N5O2.C10H20.C5H9N3O.CH3Cl/c1-14-21(20-10-11-28-31(20)18-8-6-16(13-27)7-9-18)30(15(2)32)22(33)29(14)19-5-3-4-17(12-19)23(24,25)26;1-3-6-10-8-5-4-7-9(10)2;1-8(2)3-5-6-4-9-7-5;1-2/h3-12H,1-2H3;9-10H,3-8H2,1-2H3;4H,3H2,1-2H3;1H3/p+1. The highest BCUT2D eigenvalue weighted by Crippen LogP contribution is 2.33. The third-order valence-electron chi connectivity index (χ3n) is 9.02. The van der Waals surface area contributed by atoms with Gasteiger partial charge in [0.15, 0.2) is 0 Å². The van der Waals surface area contributed by atoms with Crippen LogP contribution in [0.5, 0.6) is 0 Å². The minimum atomic E-state index is -4.59. The van der Waals surface area contributed by atoms with Gasteiger partial charge in [-0.05, 0) is 67.3 Å². The van der Waals surface area contributed by atoms with Crippen molar-refractivity contribution in [1.82, 2.24) is 29.1 Å². The number of quaternary nitrogens is 1. The lowest BCUT2D eigenvalue weighted by Gasteiger charge is -2.28. The minimum Gasteiger partial charge on any atom is -0.343 e. The van der Waals surface area contributed by atoms with Crippen LogP contribution in [0.4, 0.5) is 13.2 Å². The van der Waals surface area contributed by atoms with Crippen molar-refractivity contribution in [3.8, 4) is 28.8 Å². The highest BCUT2D eigenvalue weighted by molar-refractivity contribution is 6.15. The van der Waals surface area contributed by atoms with Gasteiger partial charge in [-0.25, -0.2) is 14.0 Å². The van der Waals surface area contributed by atoms with E-state index in [1.807, 2.05) is 20.2 Å². The van der Waals surface area contributed by atoms with Crippen LogP contribution in [-0.4, -0.2) is 55.4 Å². The van der Waals surface area contributed by atoms with Crippen molar-refractivity contribution in [1.29, 1.82) is 5.26 Å². The molecule has 0 radical (unpaired) electrons. The van der Waals surface area contributed by atoms with Crippen molar-refractivity contribution in [3.63, 3.8) is 0 Å². The number of alkyl halides is 4. The molecule has 0 spiro atoms. The number of halogens is 4. The van der Waals surface area contributed by atoms with E-state index in [0.29, 0.717) is 16.9 Å². The second kappa shape index (κ2) is 20.5. The summed E-state index contributed by atoms with van der Waals surface area (Å²) in [6.45, 7) is 8.30. The molecule has 0 amide bonds. The summed E-state index contributed by atoms with van der Waals surface area (Å²) in [5.74, 6) is 2.25. The summed E-state index contributed by atoms with van der Waals surface area (Å²) >= 11 is 4.64. The molecule has 2 aromatic carbocycles. The molecule has 2 unspecified atom stereocenters. The highest BCUT2D eigenvalue weighted by Gasteiger charge is 2.31. The molecule has 3 aromatic heterocycles. The van der Waals surface area contributed by atoms with Crippen LogP contribution in [0.3, 0.4) is 0 Å². The predicted octanol–water partition coefficient (Wildman–Crippen LogP) is 7.53. The van der Waals surface area contributed by atoms with Crippen molar-refractivity contribution in [2.75, 3.05) is 20.5 Å². The number of imidazole rings is 1.